The highest BCUT2D eigenvalue weighted by atomic mass is 35.5. The number of esters is 1. The van der Waals surface area contributed by atoms with Crippen molar-refractivity contribution >= 4 is 62.3 Å². The van der Waals surface area contributed by atoms with Gasteiger partial charge in [0.15, 0.2) is 0 Å². The summed E-state index contributed by atoms with van der Waals surface area (Å²) in [6.07, 6.45) is 1.27. The van der Waals surface area contributed by atoms with E-state index in [0.29, 0.717) is 20.7 Å². The summed E-state index contributed by atoms with van der Waals surface area (Å²) in [4.78, 5) is 42.2. The minimum atomic E-state index is -0.500. The Morgan fingerprint density at radius 3 is 2.61 bits per heavy atom. The molecule has 0 saturated carbocycles. The summed E-state index contributed by atoms with van der Waals surface area (Å²) >= 11 is 13.2. The number of carbonyl (C=O) groups excluding carboxylic acids is 2. The largest absolute Gasteiger partial charge is 0.462 e. The third kappa shape index (κ3) is 3.89. The molecule has 0 fully saturated rings. The summed E-state index contributed by atoms with van der Waals surface area (Å²) in [5, 5.41) is 3.46. The zero-order chi connectivity index (χ0) is 20.4. The SMILES string of the molecule is CCOC(=O)c1sc2ncn(CC(=O)Nc3c(Cl)cccc3Cl)c(=O)c2c1C. The maximum Gasteiger partial charge on any atom is 0.348 e. The van der Waals surface area contributed by atoms with Gasteiger partial charge in [-0.25, -0.2) is 9.78 Å². The molecule has 3 aromatic rings. The fourth-order valence-corrected chi connectivity index (χ4v) is 4.14. The van der Waals surface area contributed by atoms with Crippen LogP contribution in [0.15, 0.2) is 29.3 Å². The average molecular weight is 440 g/mol. The Balaban J connectivity index is 1.91. The van der Waals surface area contributed by atoms with Crippen molar-refractivity contribution < 1.29 is 14.3 Å². The predicted molar refractivity (Wildman–Crippen MR) is 110 cm³/mol. The van der Waals surface area contributed by atoms with E-state index < -0.39 is 17.4 Å². The molecule has 0 spiro atoms. The fourth-order valence-electron chi connectivity index (χ4n) is 2.61. The van der Waals surface area contributed by atoms with Gasteiger partial charge in [0.25, 0.3) is 5.56 Å². The summed E-state index contributed by atoms with van der Waals surface area (Å²) in [6, 6.07) is 4.84. The molecule has 0 aliphatic rings. The van der Waals surface area contributed by atoms with Crippen molar-refractivity contribution in [2.75, 3.05) is 11.9 Å². The van der Waals surface area contributed by atoms with E-state index in [4.69, 9.17) is 27.9 Å². The van der Waals surface area contributed by atoms with Gasteiger partial charge in [-0.2, -0.15) is 0 Å². The van der Waals surface area contributed by atoms with E-state index in [1.165, 1.54) is 6.33 Å². The molecule has 0 atom stereocenters. The summed E-state index contributed by atoms with van der Waals surface area (Å²) in [7, 11) is 0. The van der Waals surface area contributed by atoms with Crippen molar-refractivity contribution in [1.82, 2.24) is 9.55 Å². The lowest BCUT2D eigenvalue weighted by Crippen LogP contribution is -2.28. The average Bonchev–Trinajstić information content (AvgIpc) is 2.98. The molecule has 10 heteroatoms. The first kappa shape index (κ1) is 20.3. The molecule has 0 unspecified atom stereocenters. The van der Waals surface area contributed by atoms with Crippen LogP contribution in [0.25, 0.3) is 10.2 Å². The molecule has 0 aliphatic carbocycles. The molecule has 3 rings (SSSR count). The quantitative estimate of drug-likeness (QED) is 0.608. The second-order valence-corrected chi connectivity index (χ2v) is 7.59. The first-order valence-corrected chi connectivity index (χ1v) is 9.80. The van der Waals surface area contributed by atoms with Crippen molar-refractivity contribution in [1.29, 1.82) is 0 Å². The van der Waals surface area contributed by atoms with Crippen LogP contribution in [-0.4, -0.2) is 28.0 Å². The summed E-state index contributed by atoms with van der Waals surface area (Å²) < 4.78 is 6.17. The van der Waals surface area contributed by atoms with Crippen molar-refractivity contribution in [2.24, 2.45) is 0 Å². The number of amides is 1. The van der Waals surface area contributed by atoms with Crippen LogP contribution in [0.1, 0.15) is 22.2 Å². The highest BCUT2D eigenvalue weighted by Crippen LogP contribution is 2.30. The molecule has 7 nitrogen and oxygen atoms in total. The predicted octanol–water partition coefficient (Wildman–Crippen LogP) is 3.89. The number of aromatic nitrogens is 2. The van der Waals surface area contributed by atoms with Crippen molar-refractivity contribution in [3.63, 3.8) is 0 Å². The number of thiophene rings is 1. The molecule has 0 aliphatic heterocycles. The molecule has 1 aromatic carbocycles. The van der Waals surface area contributed by atoms with Crippen LogP contribution in [0.4, 0.5) is 5.69 Å². The number of hydrogen-bond donors (Lipinski definition) is 1. The summed E-state index contributed by atoms with van der Waals surface area (Å²) in [5.41, 5.74) is 0.337. The molecular weight excluding hydrogens is 425 g/mol. The molecule has 0 bridgehead atoms. The zero-order valence-electron chi connectivity index (χ0n) is 14.9. The number of nitrogens with zero attached hydrogens (tertiary/aromatic N) is 2. The summed E-state index contributed by atoms with van der Waals surface area (Å²) in [6.45, 7) is 3.31. The van der Waals surface area contributed by atoms with Crippen LogP contribution in [-0.2, 0) is 16.1 Å². The van der Waals surface area contributed by atoms with Gasteiger partial charge < -0.3 is 10.1 Å². The number of halogens is 2. The van der Waals surface area contributed by atoms with E-state index in [1.54, 1.807) is 32.0 Å². The number of hydrogen-bond acceptors (Lipinski definition) is 6. The van der Waals surface area contributed by atoms with Gasteiger partial charge in [0.1, 0.15) is 16.3 Å². The van der Waals surface area contributed by atoms with E-state index in [-0.39, 0.29) is 28.9 Å². The van der Waals surface area contributed by atoms with Gasteiger partial charge in [-0.15, -0.1) is 11.3 Å². The maximum atomic E-state index is 12.8. The van der Waals surface area contributed by atoms with Gasteiger partial charge >= 0.3 is 5.97 Å². The molecular formula is C18H15Cl2N3O4S. The Kier molecular flexibility index (Phi) is 6.02. The van der Waals surface area contributed by atoms with E-state index in [2.05, 4.69) is 10.3 Å². The van der Waals surface area contributed by atoms with E-state index in [9.17, 15) is 14.4 Å². The Bertz CT molecular complexity index is 1120. The molecule has 1 N–H and O–H groups in total. The summed E-state index contributed by atoms with van der Waals surface area (Å²) in [5.74, 6) is -0.989. The fraction of sp³-hybridized carbons (Fsp3) is 0.222. The lowest BCUT2D eigenvalue weighted by atomic mass is 10.2. The monoisotopic (exact) mass is 439 g/mol. The number of ether oxygens (including phenoxy) is 1. The number of rotatable bonds is 5. The lowest BCUT2D eigenvalue weighted by molar-refractivity contribution is -0.116. The van der Waals surface area contributed by atoms with Gasteiger partial charge in [0, 0.05) is 0 Å². The minimum absolute atomic E-state index is 0.231. The van der Waals surface area contributed by atoms with Gasteiger partial charge in [0.05, 0.1) is 34.1 Å². The van der Waals surface area contributed by atoms with Crippen LogP contribution >= 0.6 is 34.5 Å². The van der Waals surface area contributed by atoms with Crippen LogP contribution < -0.4 is 10.9 Å². The smallest absolute Gasteiger partial charge is 0.348 e. The number of fused-ring (bicyclic) bond motifs is 1. The zero-order valence-corrected chi connectivity index (χ0v) is 17.2. The first-order valence-electron chi connectivity index (χ1n) is 8.23. The molecule has 0 radical (unpaired) electrons. The van der Waals surface area contributed by atoms with Crippen molar-refractivity contribution in [3.8, 4) is 0 Å². The number of para-hydroxylation sites is 1. The Hall–Kier alpha value is -2.42. The van der Waals surface area contributed by atoms with E-state index in [0.717, 1.165) is 15.9 Å². The van der Waals surface area contributed by atoms with Gasteiger partial charge in [-0.05, 0) is 31.5 Å². The minimum Gasteiger partial charge on any atom is -0.462 e. The second-order valence-electron chi connectivity index (χ2n) is 5.78. The second kappa shape index (κ2) is 8.30. The van der Waals surface area contributed by atoms with Crippen LogP contribution in [0, 0.1) is 6.92 Å². The third-order valence-electron chi connectivity index (χ3n) is 3.92. The molecule has 2 aromatic heterocycles. The topological polar surface area (TPSA) is 90.3 Å². The molecule has 28 heavy (non-hydrogen) atoms. The molecule has 1 amide bonds. The van der Waals surface area contributed by atoms with E-state index in [1.807, 2.05) is 0 Å². The first-order chi connectivity index (χ1) is 13.3. The van der Waals surface area contributed by atoms with Gasteiger partial charge in [0.2, 0.25) is 5.91 Å². The van der Waals surface area contributed by atoms with Crippen LogP contribution in [0.2, 0.25) is 10.0 Å². The Morgan fingerprint density at radius 1 is 1.29 bits per heavy atom. The molecule has 0 saturated heterocycles. The molecule has 146 valence electrons. The Morgan fingerprint density at radius 2 is 1.96 bits per heavy atom. The number of anilines is 1. The van der Waals surface area contributed by atoms with E-state index >= 15 is 0 Å². The number of benzene rings is 1. The lowest BCUT2D eigenvalue weighted by Gasteiger charge is -2.10. The number of nitrogens with one attached hydrogen (secondary N) is 1. The maximum absolute atomic E-state index is 12.8. The highest BCUT2D eigenvalue weighted by Gasteiger charge is 2.21. The van der Waals surface area contributed by atoms with Gasteiger partial charge in [-0.3, -0.25) is 14.2 Å². The standard InChI is InChI=1S/C18H15Cl2N3O4S/c1-3-27-18(26)15-9(2)13-16(28-15)21-8-23(17(13)25)7-12(24)22-14-10(19)5-4-6-11(14)20/h4-6,8H,3,7H2,1-2H3,(H,22,24). The van der Waals surface area contributed by atoms with Crippen LogP contribution in [0.3, 0.4) is 0 Å². The normalized spacial score (nSPS) is 10.9. The number of aryl methyl sites for hydroxylation is 1. The van der Waals surface area contributed by atoms with Crippen molar-refractivity contribution in [3.05, 3.63) is 55.4 Å². The third-order valence-corrected chi connectivity index (χ3v) is 5.73. The highest BCUT2D eigenvalue weighted by molar-refractivity contribution is 7.20. The van der Waals surface area contributed by atoms with Crippen LogP contribution in [0.5, 0.6) is 0 Å². The Labute approximate surface area is 173 Å². The number of carbonyl (C=O) groups is 2. The van der Waals surface area contributed by atoms with Crippen molar-refractivity contribution in [2.45, 2.75) is 20.4 Å². The molecule has 2 heterocycles. The van der Waals surface area contributed by atoms with Gasteiger partial charge in [-0.1, -0.05) is 29.3 Å².